The lowest BCUT2D eigenvalue weighted by atomic mass is 10.2. The van der Waals surface area contributed by atoms with Crippen LogP contribution in [-0.2, 0) is 4.79 Å². The van der Waals surface area contributed by atoms with Gasteiger partial charge in [0.2, 0.25) is 5.91 Å². The molecule has 21 heavy (non-hydrogen) atoms. The Morgan fingerprint density at radius 1 is 1.24 bits per heavy atom. The minimum absolute atomic E-state index is 0.179. The smallest absolute Gasteiger partial charge is 0.335 e. The standard InChI is InChI=1S/C14H13N3O3S/c1-9-6-13(16-8-15-9)21-7-12(18)17-11-4-2-10(3-5-11)14(19)20/h2-6,8H,7H2,1H3,(H,17,18)(H,19,20). The highest BCUT2D eigenvalue weighted by molar-refractivity contribution is 7.99. The number of hydrogen-bond donors (Lipinski definition) is 2. The zero-order valence-corrected chi connectivity index (χ0v) is 12.1. The summed E-state index contributed by atoms with van der Waals surface area (Å²) in [5.41, 5.74) is 1.58. The van der Waals surface area contributed by atoms with Gasteiger partial charge >= 0.3 is 5.97 Å². The summed E-state index contributed by atoms with van der Waals surface area (Å²) in [6, 6.07) is 7.80. The molecular formula is C14H13N3O3S. The van der Waals surface area contributed by atoms with Crippen LogP contribution in [0, 0.1) is 6.92 Å². The molecule has 7 heteroatoms. The molecule has 0 radical (unpaired) electrons. The van der Waals surface area contributed by atoms with E-state index in [2.05, 4.69) is 15.3 Å². The average molecular weight is 303 g/mol. The number of aromatic nitrogens is 2. The largest absolute Gasteiger partial charge is 0.478 e. The molecule has 2 aromatic rings. The number of anilines is 1. The Bertz CT molecular complexity index is 659. The fraction of sp³-hybridized carbons (Fsp3) is 0.143. The SMILES string of the molecule is Cc1cc(SCC(=O)Nc2ccc(C(=O)O)cc2)ncn1. The van der Waals surface area contributed by atoms with E-state index in [0.717, 1.165) is 10.7 Å². The molecule has 6 nitrogen and oxygen atoms in total. The van der Waals surface area contributed by atoms with Crippen molar-refractivity contribution in [2.75, 3.05) is 11.1 Å². The molecule has 108 valence electrons. The topological polar surface area (TPSA) is 92.2 Å². The molecule has 0 atom stereocenters. The monoisotopic (exact) mass is 303 g/mol. The van der Waals surface area contributed by atoms with Gasteiger partial charge in [-0.25, -0.2) is 14.8 Å². The van der Waals surface area contributed by atoms with Crippen molar-refractivity contribution < 1.29 is 14.7 Å². The van der Waals surface area contributed by atoms with E-state index in [4.69, 9.17) is 5.11 Å². The molecule has 0 saturated heterocycles. The van der Waals surface area contributed by atoms with E-state index in [1.54, 1.807) is 18.2 Å². The molecule has 0 bridgehead atoms. The Labute approximate surface area is 125 Å². The number of carbonyl (C=O) groups is 2. The number of benzene rings is 1. The van der Waals surface area contributed by atoms with Gasteiger partial charge in [-0.05, 0) is 37.3 Å². The Balaban J connectivity index is 1.88. The van der Waals surface area contributed by atoms with Crippen LogP contribution in [-0.4, -0.2) is 32.7 Å². The first kappa shape index (κ1) is 15.0. The van der Waals surface area contributed by atoms with Gasteiger partial charge in [-0.2, -0.15) is 0 Å². The number of hydrogen-bond acceptors (Lipinski definition) is 5. The highest BCUT2D eigenvalue weighted by Crippen LogP contribution is 2.16. The van der Waals surface area contributed by atoms with Crippen LogP contribution in [0.25, 0.3) is 0 Å². The van der Waals surface area contributed by atoms with Crippen LogP contribution in [0.15, 0.2) is 41.7 Å². The van der Waals surface area contributed by atoms with Crippen LogP contribution < -0.4 is 5.32 Å². The van der Waals surface area contributed by atoms with Crippen molar-refractivity contribution in [1.29, 1.82) is 0 Å². The van der Waals surface area contributed by atoms with Gasteiger partial charge in [-0.3, -0.25) is 4.79 Å². The molecule has 0 aliphatic carbocycles. The van der Waals surface area contributed by atoms with E-state index in [1.165, 1.54) is 30.2 Å². The molecular weight excluding hydrogens is 290 g/mol. The molecule has 0 unspecified atom stereocenters. The summed E-state index contributed by atoms with van der Waals surface area (Å²) in [5.74, 6) is -0.959. The third-order valence-corrected chi connectivity index (χ3v) is 3.47. The first-order valence-corrected chi connectivity index (χ1v) is 7.08. The molecule has 1 aromatic heterocycles. The van der Waals surface area contributed by atoms with Gasteiger partial charge in [-0.15, -0.1) is 0 Å². The van der Waals surface area contributed by atoms with Crippen LogP contribution in [0.4, 0.5) is 5.69 Å². The van der Waals surface area contributed by atoms with E-state index < -0.39 is 5.97 Å². The van der Waals surface area contributed by atoms with Crippen molar-refractivity contribution in [2.45, 2.75) is 11.9 Å². The predicted octanol–water partition coefficient (Wildman–Crippen LogP) is 2.21. The number of aromatic carboxylic acids is 1. The van der Waals surface area contributed by atoms with Crippen LogP contribution in [0.1, 0.15) is 16.1 Å². The molecule has 2 rings (SSSR count). The first-order chi connectivity index (χ1) is 10.0. The van der Waals surface area contributed by atoms with Crippen LogP contribution in [0.2, 0.25) is 0 Å². The van der Waals surface area contributed by atoms with Crippen LogP contribution in [0.3, 0.4) is 0 Å². The third-order valence-electron chi connectivity index (χ3n) is 2.55. The number of nitrogens with zero attached hydrogens (tertiary/aromatic N) is 2. The van der Waals surface area contributed by atoms with Gasteiger partial charge in [0.05, 0.1) is 11.3 Å². The Morgan fingerprint density at radius 3 is 2.57 bits per heavy atom. The highest BCUT2D eigenvalue weighted by atomic mass is 32.2. The summed E-state index contributed by atoms with van der Waals surface area (Å²) >= 11 is 1.31. The van der Waals surface area contributed by atoms with Crippen molar-refractivity contribution in [1.82, 2.24) is 9.97 Å². The van der Waals surface area contributed by atoms with Crippen molar-refractivity contribution in [3.8, 4) is 0 Å². The highest BCUT2D eigenvalue weighted by Gasteiger charge is 2.06. The summed E-state index contributed by atoms with van der Waals surface area (Å²) < 4.78 is 0. The minimum Gasteiger partial charge on any atom is -0.478 e. The number of aryl methyl sites for hydroxylation is 1. The number of rotatable bonds is 5. The molecule has 2 N–H and O–H groups in total. The number of carbonyl (C=O) groups excluding carboxylic acids is 1. The maximum absolute atomic E-state index is 11.8. The quantitative estimate of drug-likeness (QED) is 0.650. The Kier molecular flexibility index (Phi) is 4.89. The number of thioether (sulfide) groups is 1. The third kappa shape index (κ3) is 4.57. The zero-order chi connectivity index (χ0) is 15.2. The number of amides is 1. The molecule has 0 fully saturated rings. The summed E-state index contributed by atoms with van der Waals surface area (Å²) in [7, 11) is 0. The zero-order valence-electron chi connectivity index (χ0n) is 11.2. The van der Waals surface area contributed by atoms with E-state index in [0.29, 0.717) is 5.69 Å². The second-order valence-electron chi connectivity index (χ2n) is 4.22. The molecule has 0 aliphatic rings. The molecule has 1 heterocycles. The van der Waals surface area contributed by atoms with E-state index in [9.17, 15) is 9.59 Å². The lowest BCUT2D eigenvalue weighted by Gasteiger charge is -2.05. The Morgan fingerprint density at radius 2 is 1.95 bits per heavy atom. The fourth-order valence-electron chi connectivity index (χ4n) is 1.54. The van der Waals surface area contributed by atoms with Crippen LogP contribution in [0.5, 0.6) is 0 Å². The summed E-state index contributed by atoms with van der Waals surface area (Å²) in [6.07, 6.45) is 1.46. The average Bonchev–Trinajstić information content (AvgIpc) is 2.46. The van der Waals surface area contributed by atoms with E-state index in [1.807, 2.05) is 6.92 Å². The molecule has 0 aliphatic heterocycles. The van der Waals surface area contributed by atoms with Crippen molar-refractivity contribution in [3.05, 3.63) is 47.9 Å². The summed E-state index contributed by atoms with van der Waals surface area (Å²) in [5, 5.41) is 12.2. The van der Waals surface area contributed by atoms with Crippen molar-refractivity contribution in [3.63, 3.8) is 0 Å². The van der Waals surface area contributed by atoms with E-state index in [-0.39, 0.29) is 17.2 Å². The predicted molar refractivity (Wildman–Crippen MR) is 79.5 cm³/mol. The van der Waals surface area contributed by atoms with Gasteiger partial charge in [0.15, 0.2) is 0 Å². The fourth-order valence-corrected chi connectivity index (χ4v) is 2.27. The van der Waals surface area contributed by atoms with Crippen molar-refractivity contribution >= 4 is 29.3 Å². The van der Waals surface area contributed by atoms with Gasteiger partial charge in [0, 0.05) is 11.4 Å². The molecule has 1 amide bonds. The van der Waals surface area contributed by atoms with Gasteiger partial charge in [0.1, 0.15) is 11.4 Å². The summed E-state index contributed by atoms with van der Waals surface area (Å²) in [6.45, 7) is 1.86. The van der Waals surface area contributed by atoms with Gasteiger partial charge in [0.25, 0.3) is 0 Å². The lowest BCUT2D eigenvalue weighted by molar-refractivity contribution is -0.113. The second kappa shape index (κ2) is 6.85. The number of carboxylic acids is 1. The summed E-state index contributed by atoms with van der Waals surface area (Å²) in [4.78, 5) is 30.6. The maximum atomic E-state index is 11.8. The van der Waals surface area contributed by atoms with Gasteiger partial charge in [-0.1, -0.05) is 11.8 Å². The minimum atomic E-state index is -0.998. The van der Waals surface area contributed by atoms with Gasteiger partial charge < -0.3 is 10.4 Å². The molecule has 1 aromatic carbocycles. The first-order valence-electron chi connectivity index (χ1n) is 6.09. The second-order valence-corrected chi connectivity index (χ2v) is 5.21. The molecule has 0 spiro atoms. The number of carboxylic acid groups (broad SMARTS) is 1. The maximum Gasteiger partial charge on any atom is 0.335 e. The van der Waals surface area contributed by atoms with Crippen LogP contribution >= 0.6 is 11.8 Å². The number of nitrogens with one attached hydrogen (secondary N) is 1. The normalized spacial score (nSPS) is 10.1. The van der Waals surface area contributed by atoms with Crippen molar-refractivity contribution in [2.24, 2.45) is 0 Å². The lowest BCUT2D eigenvalue weighted by Crippen LogP contribution is -2.14. The molecule has 0 saturated carbocycles. The Hall–Kier alpha value is -2.41. The van der Waals surface area contributed by atoms with E-state index >= 15 is 0 Å².